The summed E-state index contributed by atoms with van der Waals surface area (Å²) in [4.78, 5) is 11.3. The maximum atomic E-state index is 11.3. The van der Waals surface area contributed by atoms with Crippen LogP contribution in [0.15, 0.2) is 29.2 Å². The second kappa shape index (κ2) is 7.33. The van der Waals surface area contributed by atoms with E-state index in [2.05, 4.69) is 15.5 Å². The number of aromatic nitrogens is 2. The molecule has 1 heterocycles. The van der Waals surface area contributed by atoms with Gasteiger partial charge in [-0.1, -0.05) is 23.2 Å². The molecule has 2 aromatic rings. The second-order valence-corrected chi connectivity index (χ2v) is 5.28. The lowest BCUT2D eigenvalue weighted by atomic mass is 10.2. The fourth-order valence-corrected chi connectivity index (χ4v) is 2.14. The van der Waals surface area contributed by atoms with Gasteiger partial charge in [0.25, 0.3) is 5.56 Å². The molecule has 0 aliphatic rings. The van der Waals surface area contributed by atoms with Crippen LogP contribution in [-0.2, 0) is 0 Å². The first-order chi connectivity index (χ1) is 10.1. The quantitative estimate of drug-likeness (QED) is 0.799. The zero-order chi connectivity index (χ0) is 15.2. The number of rotatable bonds is 6. The van der Waals surface area contributed by atoms with Crippen LogP contribution in [0.3, 0.4) is 0 Å². The van der Waals surface area contributed by atoms with Crippen LogP contribution in [0.25, 0.3) is 0 Å². The molecule has 0 saturated carbocycles. The van der Waals surface area contributed by atoms with E-state index >= 15 is 0 Å². The molecule has 1 aromatic carbocycles. The van der Waals surface area contributed by atoms with Crippen LogP contribution in [0.5, 0.6) is 5.75 Å². The molecule has 0 aliphatic heterocycles. The molecule has 0 unspecified atom stereocenters. The van der Waals surface area contributed by atoms with E-state index in [1.165, 1.54) is 6.20 Å². The minimum atomic E-state index is -0.408. The number of halogens is 2. The molecule has 0 atom stereocenters. The van der Waals surface area contributed by atoms with Crippen molar-refractivity contribution in [1.29, 1.82) is 0 Å². The molecule has 0 aliphatic carbocycles. The Morgan fingerprint density at radius 1 is 1.38 bits per heavy atom. The summed E-state index contributed by atoms with van der Waals surface area (Å²) in [5.74, 6) is 0.815. The number of H-pyrrole nitrogens is 1. The van der Waals surface area contributed by atoms with Crippen LogP contribution in [0.4, 0.5) is 5.69 Å². The molecule has 0 amide bonds. The lowest BCUT2D eigenvalue weighted by Gasteiger charge is -2.10. The van der Waals surface area contributed by atoms with Gasteiger partial charge in [0.2, 0.25) is 0 Å². The Labute approximate surface area is 132 Å². The highest BCUT2D eigenvalue weighted by atomic mass is 35.5. The molecular weight excluding hydrogens is 313 g/mol. The van der Waals surface area contributed by atoms with Crippen LogP contribution in [-0.4, -0.2) is 23.3 Å². The van der Waals surface area contributed by atoms with E-state index in [1.54, 1.807) is 6.07 Å². The van der Waals surface area contributed by atoms with E-state index in [0.29, 0.717) is 23.9 Å². The molecule has 5 nitrogen and oxygen atoms in total. The predicted molar refractivity (Wildman–Crippen MR) is 84.7 cm³/mol. The zero-order valence-electron chi connectivity index (χ0n) is 11.5. The smallest absolute Gasteiger partial charge is 0.285 e. The maximum absolute atomic E-state index is 11.3. The molecule has 112 valence electrons. The third kappa shape index (κ3) is 4.37. The number of aryl methyl sites for hydroxylation is 1. The lowest BCUT2D eigenvalue weighted by molar-refractivity contribution is 0.313. The van der Waals surface area contributed by atoms with Crippen LogP contribution in [0.2, 0.25) is 10.0 Å². The highest BCUT2D eigenvalue weighted by Gasteiger charge is 2.04. The zero-order valence-corrected chi connectivity index (χ0v) is 13.0. The summed E-state index contributed by atoms with van der Waals surface area (Å²) >= 11 is 11.7. The van der Waals surface area contributed by atoms with Crippen molar-refractivity contribution >= 4 is 28.9 Å². The minimum Gasteiger partial charge on any atom is -0.493 e. The average molecular weight is 328 g/mol. The maximum Gasteiger partial charge on any atom is 0.285 e. The van der Waals surface area contributed by atoms with Gasteiger partial charge < -0.3 is 10.1 Å². The minimum absolute atomic E-state index is 0.111. The summed E-state index contributed by atoms with van der Waals surface area (Å²) in [5, 5.41) is 9.80. The van der Waals surface area contributed by atoms with E-state index in [-0.39, 0.29) is 5.02 Å². The van der Waals surface area contributed by atoms with Gasteiger partial charge >= 0.3 is 0 Å². The van der Waals surface area contributed by atoms with Gasteiger partial charge in [0, 0.05) is 11.6 Å². The SMILES string of the molecule is Cc1cc(Cl)ccc1OCCCNc1cn[nH]c(=O)c1Cl. The molecular formula is C14H15Cl2N3O2. The van der Waals surface area contributed by atoms with Gasteiger partial charge in [-0.3, -0.25) is 4.79 Å². The van der Waals surface area contributed by atoms with Crippen molar-refractivity contribution in [3.63, 3.8) is 0 Å². The summed E-state index contributed by atoms with van der Waals surface area (Å²) < 4.78 is 5.67. The summed E-state index contributed by atoms with van der Waals surface area (Å²) in [6.07, 6.45) is 2.24. The van der Waals surface area contributed by atoms with E-state index in [4.69, 9.17) is 27.9 Å². The Morgan fingerprint density at radius 2 is 2.19 bits per heavy atom. The molecule has 2 N–H and O–H groups in total. The van der Waals surface area contributed by atoms with E-state index < -0.39 is 5.56 Å². The molecule has 0 bridgehead atoms. The number of nitrogens with zero attached hydrogens (tertiary/aromatic N) is 1. The van der Waals surface area contributed by atoms with Crippen LogP contribution < -0.4 is 15.6 Å². The summed E-state index contributed by atoms with van der Waals surface area (Å²) in [7, 11) is 0. The van der Waals surface area contributed by atoms with E-state index in [9.17, 15) is 4.79 Å². The number of benzene rings is 1. The van der Waals surface area contributed by atoms with Crippen molar-refractivity contribution in [3.8, 4) is 5.75 Å². The highest BCUT2D eigenvalue weighted by molar-refractivity contribution is 6.32. The van der Waals surface area contributed by atoms with Crippen LogP contribution in [0, 0.1) is 6.92 Å². The fourth-order valence-electron chi connectivity index (χ4n) is 1.76. The Kier molecular flexibility index (Phi) is 5.47. The fraction of sp³-hybridized carbons (Fsp3) is 0.286. The van der Waals surface area contributed by atoms with E-state index in [1.807, 2.05) is 19.1 Å². The molecule has 0 spiro atoms. The van der Waals surface area contributed by atoms with Crippen LogP contribution >= 0.6 is 23.2 Å². The second-order valence-electron chi connectivity index (χ2n) is 4.47. The number of nitrogens with one attached hydrogen (secondary N) is 2. The Hall–Kier alpha value is -1.72. The third-order valence-electron chi connectivity index (χ3n) is 2.83. The normalized spacial score (nSPS) is 10.4. The van der Waals surface area contributed by atoms with Gasteiger partial charge in [0.15, 0.2) is 0 Å². The monoisotopic (exact) mass is 327 g/mol. The average Bonchev–Trinajstić information content (AvgIpc) is 2.45. The Bertz CT molecular complexity index is 674. The summed E-state index contributed by atoms with van der Waals surface area (Å²) in [6, 6.07) is 5.50. The molecule has 2 rings (SSSR count). The topological polar surface area (TPSA) is 67.0 Å². The molecule has 0 saturated heterocycles. The van der Waals surface area contributed by atoms with Gasteiger partial charge in [-0.25, -0.2) is 5.10 Å². The van der Waals surface area contributed by atoms with Gasteiger partial charge in [-0.05, 0) is 37.1 Å². The number of hydrogen-bond donors (Lipinski definition) is 2. The number of anilines is 1. The van der Waals surface area contributed by atoms with E-state index in [0.717, 1.165) is 17.7 Å². The van der Waals surface area contributed by atoms with Gasteiger partial charge in [0.1, 0.15) is 10.8 Å². The summed E-state index contributed by atoms with van der Waals surface area (Å²) in [6.45, 7) is 3.11. The van der Waals surface area contributed by atoms with Gasteiger partial charge in [0.05, 0.1) is 18.5 Å². The molecule has 21 heavy (non-hydrogen) atoms. The van der Waals surface area contributed by atoms with Crippen molar-refractivity contribution in [2.75, 3.05) is 18.5 Å². The highest BCUT2D eigenvalue weighted by Crippen LogP contribution is 2.21. The first-order valence-corrected chi connectivity index (χ1v) is 7.19. The van der Waals surface area contributed by atoms with Crippen molar-refractivity contribution < 1.29 is 4.74 Å². The first kappa shape index (κ1) is 15.7. The third-order valence-corrected chi connectivity index (χ3v) is 3.44. The van der Waals surface area contributed by atoms with Gasteiger partial charge in [-0.15, -0.1) is 0 Å². The van der Waals surface area contributed by atoms with Crippen molar-refractivity contribution in [2.24, 2.45) is 0 Å². The lowest BCUT2D eigenvalue weighted by Crippen LogP contribution is -2.13. The predicted octanol–water partition coefficient (Wildman–Crippen LogP) is 3.27. The van der Waals surface area contributed by atoms with Gasteiger partial charge in [-0.2, -0.15) is 5.10 Å². The number of hydrogen-bond acceptors (Lipinski definition) is 4. The summed E-state index contributed by atoms with van der Waals surface area (Å²) in [5.41, 5.74) is 1.11. The Morgan fingerprint density at radius 3 is 2.95 bits per heavy atom. The molecule has 0 radical (unpaired) electrons. The van der Waals surface area contributed by atoms with Crippen molar-refractivity contribution in [2.45, 2.75) is 13.3 Å². The Balaban J connectivity index is 1.77. The number of ether oxygens (including phenoxy) is 1. The van der Waals surface area contributed by atoms with Crippen LogP contribution in [0.1, 0.15) is 12.0 Å². The largest absolute Gasteiger partial charge is 0.493 e. The molecule has 1 aromatic heterocycles. The van der Waals surface area contributed by atoms with Crippen molar-refractivity contribution in [1.82, 2.24) is 10.2 Å². The number of aromatic amines is 1. The van der Waals surface area contributed by atoms with Crippen molar-refractivity contribution in [3.05, 3.63) is 50.4 Å². The first-order valence-electron chi connectivity index (χ1n) is 6.44. The molecule has 0 fully saturated rings. The standard InChI is InChI=1S/C14H15Cl2N3O2/c1-9-7-10(15)3-4-12(9)21-6-2-5-17-11-8-18-19-14(20)13(11)16/h3-4,7-8H,2,5-6H2,1H3,(H2,17,19,20). The molecule has 7 heteroatoms.